The van der Waals surface area contributed by atoms with Gasteiger partial charge in [0, 0.05) is 29.4 Å². The van der Waals surface area contributed by atoms with Crippen LogP contribution in [0.4, 0.5) is 10.1 Å². The molecule has 0 fully saturated rings. The molecule has 3 unspecified atom stereocenters. The number of carbonyl (C=O) groups is 2. The van der Waals surface area contributed by atoms with Gasteiger partial charge in [-0.1, -0.05) is 36.4 Å². The van der Waals surface area contributed by atoms with Gasteiger partial charge in [-0.2, -0.15) is 0 Å². The van der Waals surface area contributed by atoms with E-state index in [2.05, 4.69) is 10.3 Å². The summed E-state index contributed by atoms with van der Waals surface area (Å²) in [5.41, 5.74) is 2.86. The van der Waals surface area contributed by atoms with Gasteiger partial charge in [-0.15, -0.1) is 0 Å². The molecular formula is C23H21FN2O2. The van der Waals surface area contributed by atoms with Crippen LogP contribution in [0.1, 0.15) is 31.2 Å². The molecule has 0 aromatic heterocycles. The third-order valence-corrected chi connectivity index (χ3v) is 5.46. The van der Waals surface area contributed by atoms with E-state index in [-0.39, 0.29) is 17.5 Å². The molecule has 1 aliphatic heterocycles. The van der Waals surface area contributed by atoms with Crippen molar-refractivity contribution < 1.29 is 14.0 Å². The number of Topliss-reactive ketones (excluding diaryl/α,β-unsaturated/α-hetero) is 1. The summed E-state index contributed by atoms with van der Waals surface area (Å²) in [6, 6.07) is 15.3. The van der Waals surface area contributed by atoms with Gasteiger partial charge >= 0.3 is 0 Å². The lowest BCUT2D eigenvalue weighted by atomic mass is 9.67. The third kappa shape index (κ3) is 3.40. The predicted molar refractivity (Wildman–Crippen MR) is 107 cm³/mol. The number of nitrogens with zero attached hydrogens (tertiary/aromatic N) is 1. The fourth-order valence-corrected chi connectivity index (χ4v) is 4.20. The summed E-state index contributed by atoms with van der Waals surface area (Å²) < 4.78 is 13.5. The first-order valence-electron chi connectivity index (χ1n) is 9.44. The number of hydrogen-bond acceptors (Lipinski definition) is 3. The second kappa shape index (κ2) is 7.50. The molecule has 4 rings (SSSR count). The first-order chi connectivity index (χ1) is 13.5. The van der Waals surface area contributed by atoms with Crippen molar-refractivity contribution in [2.24, 2.45) is 16.8 Å². The predicted octanol–water partition coefficient (Wildman–Crippen LogP) is 4.50. The summed E-state index contributed by atoms with van der Waals surface area (Å²) in [7, 11) is 0. The van der Waals surface area contributed by atoms with Gasteiger partial charge in [0.2, 0.25) is 5.91 Å². The molecule has 0 saturated heterocycles. The molecule has 1 aliphatic carbocycles. The van der Waals surface area contributed by atoms with Crippen LogP contribution in [0.3, 0.4) is 0 Å². The van der Waals surface area contributed by atoms with Crippen molar-refractivity contribution in [3.05, 3.63) is 77.8 Å². The Morgan fingerprint density at radius 2 is 1.82 bits per heavy atom. The van der Waals surface area contributed by atoms with E-state index >= 15 is 0 Å². The Hall–Kier alpha value is -3.08. The molecule has 28 heavy (non-hydrogen) atoms. The number of fused-ring (bicyclic) bond motifs is 1. The molecule has 2 aliphatic rings. The molecule has 1 amide bonds. The van der Waals surface area contributed by atoms with Crippen LogP contribution < -0.4 is 5.32 Å². The third-order valence-electron chi connectivity index (χ3n) is 5.46. The zero-order valence-electron chi connectivity index (χ0n) is 15.6. The fourth-order valence-electron chi connectivity index (χ4n) is 4.20. The number of amides is 1. The summed E-state index contributed by atoms with van der Waals surface area (Å²) in [5.74, 6) is -1.95. The van der Waals surface area contributed by atoms with Crippen molar-refractivity contribution in [1.29, 1.82) is 0 Å². The highest BCUT2D eigenvalue weighted by Gasteiger charge is 2.46. The van der Waals surface area contributed by atoms with Gasteiger partial charge in [-0.3, -0.25) is 14.6 Å². The maximum absolute atomic E-state index is 13.5. The molecule has 4 nitrogen and oxygen atoms in total. The summed E-state index contributed by atoms with van der Waals surface area (Å²) in [6.45, 7) is 1.82. The number of anilines is 1. The molecule has 3 atom stereocenters. The lowest BCUT2D eigenvalue weighted by Gasteiger charge is -2.38. The minimum atomic E-state index is -0.602. The Labute approximate surface area is 163 Å². The summed E-state index contributed by atoms with van der Waals surface area (Å²) in [4.78, 5) is 30.6. The molecule has 1 heterocycles. The van der Waals surface area contributed by atoms with E-state index in [1.807, 2.05) is 43.3 Å². The van der Waals surface area contributed by atoms with Gasteiger partial charge in [-0.05, 0) is 43.2 Å². The number of ketones is 1. The zero-order chi connectivity index (χ0) is 19.7. The van der Waals surface area contributed by atoms with Crippen molar-refractivity contribution in [1.82, 2.24) is 0 Å². The number of benzene rings is 2. The van der Waals surface area contributed by atoms with Gasteiger partial charge in [-0.25, -0.2) is 4.39 Å². The van der Waals surface area contributed by atoms with E-state index in [9.17, 15) is 14.0 Å². The Morgan fingerprint density at radius 1 is 1.11 bits per heavy atom. The lowest BCUT2D eigenvalue weighted by molar-refractivity contribution is -0.124. The van der Waals surface area contributed by atoms with Crippen molar-refractivity contribution in [2.75, 3.05) is 5.32 Å². The van der Waals surface area contributed by atoms with Crippen molar-refractivity contribution >= 4 is 23.1 Å². The minimum absolute atomic E-state index is 0.0839. The van der Waals surface area contributed by atoms with Crippen LogP contribution >= 0.6 is 0 Å². The molecule has 1 N–H and O–H groups in total. The second-order valence-electron chi connectivity index (χ2n) is 7.28. The highest BCUT2D eigenvalue weighted by Crippen LogP contribution is 2.45. The first-order valence-corrected chi connectivity index (χ1v) is 9.44. The van der Waals surface area contributed by atoms with E-state index < -0.39 is 17.8 Å². The molecule has 0 bridgehead atoms. The maximum Gasteiger partial charge on any atom is 0.233 e. The van der Waals surface area contributed by atoms with Gasteiger partial charge in [0.05, 0.1) is 11.8 Å². The van der Waals surface area contributed by atoms with Crippen LogP contribution in [0.25, 0.3) is 0 Å². The van der Waals surface area contributed by atoms with Gasteiger partial charge in [0.25, 0.3) is 0 Å². The van der Waals surface area contributed by atoms with E-state index in [0.29, 0.717) is 24.2 Å². The van der Waals surface area contributed by atoms with Crippen LogP contribution in [0.5, 0.6) is 0 Å². The number of hydrogen-bond donors (Lipinski definition) is 1. The number of carbonyl (C=O) groups excluding carboxylic acids is 2. The molecule has 142 valence electrons. The van der Waals surface area contributed by atoms with E-state index in [0.717, 1.165) is 11.3 Å². The van der Waals surface area contributed by atoms with Crippen LogP contribution in [-0.4, -0.2) is 17.4 Å². The molecule has 2 aromatic rings. The normalized spacial score (nSPS) is 24.1. The minimum Gasteiger partial charge on any atom is -0.326 e. The van der Waals surface area contributed by atoms with Crippen molar-refractivity contribution in [3.8, 4) is 0 Å². The molecule has 2 aromatic carbocycles. The van der Waals surface area contributed by atoms with Crippen molar-refractivity contribution in [3.63, 3.8) is 0 Å². The molecule has 0 saturated carbocycles. The van der Waals surface area contributed by atoms with Gasteiger partial charge < -0.3 is 5.32 Å². The lowest BCUT2D eigenvalue weighted by Crippen LogP contribution is -2.43. The average molecular weight is 376 g/mol. The van der Waals surface area contributed by atoms with E-state index in [1.165, 1.54) is 12.1 Å². The monoisotopic (exact) mass is 376 g/mol. The highest BCUT2D eigenvalue weighted by molar-refractivity contribution is 6.11. The number of aliphatic imine (C=N–C) groups is 1. The summed E-state index contributed by atoms with van der Waals surface area (Å²) >= 11 is 0. The molecular weight excluding hydrogens is 355 g/mol. The van der Waals surface area contributed by atoms with Gasteiger partial charge in [0.1, 0.15) is 11.6 Å². The summed E-state index contributed by atoms with van der Waals surface area (Å²) in [6.07, 6.45) is 3.09. The zero-order valence-corrected chi connectivity index (χ0v) is 15.6. The number of halogens is 1. The van der Waals surface area contributed by atoms with Crippen LogP contribution in [-0.2, 0) is 9.59 Å². The quantitative estimate of drug-likeness (QED) is 0.857. The molecule has 0 radical (unpaired) electrons. The topological polar surface area (TPSA) is 58.5 Å². The van der Waals surface area contributed by atoms with Crippen LogP contribution in [0.15, 0.2) is 71.4 Å². The van der Waals surface area contributed by atoms with E-state index in [1.54, 1.807) is 12.1 Å². The SMILES string of the molecule is CC1=NC2=CCCC(=O)C2C(c2ccc(F)cc2)C1C(=O)Nc1ccccc1. The molecule has 5 heteroatoms. The Morgan fingerprint density at radius 3 is 2.54 bits per heavy atom. The fraction of sp³-hybridized carbons (Fsp3) is 0.261. The number of allylic oxidation sites excluding steroid dienone is 2. The standard InChI is InChI=1S/C23H21FN2O2/c1-14-20(23(28)26-17-6-3-2-4-7-17)21(15-10-12-16(24)13-11-15)22-18(25-14)8-5-9-19(22)27/h2-4,6-8,10-13,20-22H,5,9H2,1H3,(H,26,28). The number of nitrogens with one attached hydrogen (secondary N) is 1. The number of para-hydroxylation sites is 1. The van der Waals surface area contributed by atoms with Crippen LogP contribution in [0.2, 0.25) is 0 Å². The second-order valence-corrected chi connectivity index (χ2v) is 7.28. The maximum atomic E-state index is 13.5. The largest absolute Gasteiger partial charge is 0.326 e. The summed E-state index contributed by atoms with van der Waals surface area (Å²) in [5, 5.41) is 2.94. The first kappa shape index (κ1) is 18.3. The van der Waals surface area contributed by atoms with E-state index in [4.69, 9.17) is 0 Å². The van der Waals surface area contributed by atoms with Gasteiger partial charge in [0.15, 0.2) is 0 Å². The highest BCUT2D eigenvalue weighted by atomic mass is 19.1. The Bertz CT molecular complexity index is 964. The van der Waals surface area contributed by atoms with Crippen molar-refractivity contribution in [2.45, 2.75) is 25.7 Å². The average Bonchev–Trinajstić information content (AvgIpc) is 2.68. The molecule has 0 spiro atoms. The Kier molecular flexibility index (Phi) is 4.90. The Balaban J connectivity index is 1.78. The smallest absolute Gasteiger partial charge is 0.233 e. The van der Waals surface area contributed by atoms with Crippen LogP contribution in [0, 0.1) is 17.7 Å². The number of rotatable bonds is 3.